The lowest BCUT2D eigenvalue weighted by molar-refractivity contribution is -0.116. The highest BCUT2D eigenvalue weighted by atomic mass is 35.5. The Labute approximate surface area is 167 Å². The number of carbonyl (C=O) groups is 2. The summed E-state index contributed by atoms with van der Waals surface area (Å²) in [5.74, 6) is 0.440. The Kier molecular flexibility index (Phi) is 6.42. The SMILES string of the molecule is O=C(CCCOc1ccc(Cl)cc1Cl)Nc1ccc(N2CCNC2=O)cc1. The molecule has 2 aromatic carbocycles. The van der Waals surface area contributed by atoms with Crippen molar-refractivity contribution in [1.29, 1.82) is 0 Å². The van der Waals surface area contributed by atoms with Gasteiger partial charge in [0.15, 0.2) is 0 Å². The number of amides is 3. The van der Waals surface area contributed by atoms with E-state index in [-0.39, 0.29) is 11.9 Å². The highest BCUT2D eigenvalue weighted by Gasteiger charge is 2.20. The second kappa shape index (κ2) is 8.97. The lowest BCUT2D eigenvalue weighted by atomic mass is 10.2. The molecule has 0 aliphatic carbocycles. The first kappa shape index (κ1) is 19.3. The van der Waals surface area contributed by atoms with Gasteiger partial charge in [-0.25, -0.2) is 4.79 Å². The third-order valence-corrected chi connectivity index (χ3v) is 4.55. The lowest BCUT2D eigenvalue weighted by Crippen LogP contribution is -2.27. The number of rotatable bonds is 7. The Morgan fingerprint density at radius 1 is 1.19 bits per heavy atom. The third kappa shape index (κ3) is 5.28. The van der Waals surface area contributed by atoms with Crippen LogP contribution in [0.4, 0.5) is 16.2 Å². The predicted octanol–water partition coefficient (Wildman–Crippen LogP) is 4.32. The summed E-state index contributed by atoms with van der Waals surface area (Å²) >= 11 is 11.9. The average Bonchev–Trinajstić information content (AvgIpc) is 3.07. The van der Waals surface area contributed by atoms with Crippen molar-refractivity contribution in [3.05, 3.63) is 52.5 Å². The maximum Gasteiger partial charge on any atom is 0.321 e. The monoisotopic (exact) mass is 407 g/mol. The van der Waals surface area contributed by atoms with E-state index in [4.69, 9.17) is 27.9 Å². The molecular formula is C19H19Cl2N3O3. The van der Waals surface area contributed by atoms with Gasteiger partial charge in [-0.05, 0) is 48.9 Å². The zero-order valence-electron chi connectivity index (χ0n) is 14.5. The van der Waals surface area contributed by atoms with Crippen molar-refractivity contribution in [3.63, 3.8) is 0 Å². The van der Waals surface area contributed by atoms with Gasteiger partial charge in [-0.3, -0.25) is 9.69 Å². The van der Waals surface area contributed by atoms with Crippen molar-refractivity contribution in [2.75, 3.05) is 29.9 Å². The summed E-state index contributed by atoms with van der Waals surface area (Å²) in [5.41, 5.74) is 1.49. The number of ether oxygens (including phenoxy) is 1. The van der Waals surface area contributed by atoms with Crippen LogP contribution in [0.3, 0.4) is 0 Å². The summed E-state index contributed by atoms with van der Waals surface area (Å²) in [6.45, 7) is 1.65. The van der Waals surface area contributed by atoms with Gasteiger partial charge in [0, 0.05) is 35.9 Å². The van der Waals surface area contributed by atoms with Crippen LogP contribution in [0.1, 0.15) is 12.8 Å². The van der Waals surface area contributed by atoms with Crippen molar-refractivity contribution in [3.8, 4) is 5.75 Å². The van der Waals surface area contributed by atoms with Crippen molar-refractivity contribution in [2.45, 2.75) is 12.8 Å². The van der Waals surface area contributed by atoms with Crippen LogP contribution < -0.4 is 20.3 Å². The first-order valence-electron chi connectivity index (χ1n) is 8.56. The Bertz CT molecular complexity index is 827. The smallest absolute Gasteiger partial charge is 0.321 e. The minimum absolute atomic E-state index is 0.104. The Hall–Kier alpha value is -2.44. The number of nitrogens with zero attached hydrogens (tertiary/aromatic N) is 1. The second-order valence-electron chi connectivity index (χ2n) is 6.01. The molecule has 0 aromatic heterocycles. The summed E-state index contributed by atoms with van der Waals surface area (Å²) in [6, 6.07) is 12.1. The topological polar surface area (TPSA) is 70.7 Å². The second-order valence-corrected chi connectivity index (χ2v) is 6.85. The van der Waals surface area contributed by atoms with E-state index in [1.165, 1.54) is 0 Å². The molecule has 3 rings (SSSR count). The number of urea groups is 1. The van der Waals surface area contributed by atoms with Crippen LogP contribution >= 0.6 is 23.2 Å². The van der Waals surface area contributed by atoms with E-state index in [0.29, 0.717) is 54.0 Å². The van der Waals surface area contributed by atoms with E-state index in [2.05, 4.69) is 10.6 Å². The van der Waals surface area contributed by atoms with Crippen LogP contribution in [0.25, 0.3) is 0 Å². The molecule has 1 fully saturated rings. The molecule has 8 heteroatoms. The van der Waals surface area contributed by atoms with Gasteiger partial charge in [0.05, 0.1) is 11.6 Å². The standard InChI is InChI=1S/C19H19Cl2N3O3/c20-13-3-8-17(16(21)12-13)27-11-1-2-18(25)23-14-4-6-15(7-5-14)24-10-9-22-19(24)26/h3-8,12H,1-2,9-11H2,(H,22,26)(H,23,25). The first-order valence-corrected chi connectivity index (χ1v) is 9.31. The maximum atomic E-state index is 12.0. The van der Waals surface area contributed by atoms with Gasteiger partial charge in [-0.2, -0.15) is 0 Å². The summed E-state index contributed by atoms with van der Waals surface area (Å²) in [5, 5.41) is 6.57. The van der Waals surface area contributed by atoms with Crippen LogP contribution in [-0.2, 0) is 4.79 Å². The van der Waals surface area contributed by atoms with Crippen LogP contribution in [0.15, 0.2) is 42.5 Å². The van der Waals surface area contributed by atoms with Crippen LogP contribution in [-0.4, -0.2) is 31.6 Å². The number of benzene rings is 2. The zero-order chi connectivity index (χ0) is 19.2. The van der Waals surface area contributed by atoms with E-state index in [9.17, 15) is 9.59 Å². The molecular weight excluding hydrogens is 389 g/mol. The van der Waals surface area contributed by atoms with Crippen molar-refractivity contribution in [1.82, 2.24) is 5.32 Å². The molecule has 6 nitrogen and oxygen atoms in total. The summed E-state index contributed by atoms with van der Waals surface area (Å²) < 4.78 is 5.56. The summed E-state index contributed by atoms with van der Waals surface area (Å²) in [7, 11) is 0. The molecule has 1 heterocycles. The molecule has 0 radical (unpaired) electrons. The fourth-order valence-corrected chi connectivity index (χ4v) is 3.14. The largest absolute Gasteiger partial charge is 0.492 e. The van der Waals surface area contributed by atoms with Crippen LogP contribution in [0.2, 0.25) is 10.0 Å². The van der Waals surface area contributed by atoms with Gasteiger partial charge in [-0.1, -0.05) is 23.2 Å². The minimum Gasteiger partial charge on any atom is -0.492 e. The molecule has 1 saturated heterocycles. The Morgan fingerprint density at radius 3 is 2.63 bits per heavy atom. The van der Waals surface area contributed by atoms with Gasteiger partial charge in [0.25, 0.3) is 0 Å². The van der Waals surface area contributed by atoms with E-state index >= 15 is 0 Å². The Morgan fingerprint density at radius 2 is 1.96 bits per heavy atom. The fraction of sp³-hybridized carbons (Fsp3) is 0.263. The molecule has 27 heavy (non-hydrogen) atoms. The number of hydrogen-bond acceptors (Lipinski definition) is 3. The van der Waals surface area contributed by atoms with Gasteiger partial charge >= 0.3 is 6.03 Å². The van der Waals surface area contributed by atoms with Crippen molar-refractivity contribution >= 4 is 46.5 Å². The number of nitrogens with one attached hydrogen (secondary N) is 2. The zero-order valence-corrected chi connectivity index (χ0v) is 16.0. The van der Waals surface area contributed by atoms with Gasteiger partial charge in [0.1, 0.15) is 5.75 Å². The molecule has 0 saturated carbocycles. The minimum atomic E-state index is -0.104. The van der Waals surface area contributed by atoms with Crippen molar-refractivity contribution < 1.29 is 14.3 Å². The molecule has 3 amide bonds. The summed E-state index contributed by atoms with van der Waals surface area (Å²) in [4.78, 5) is 25.3. The molecule has 2 aromatic rings. The van der Waals surface area contributed by atoms with E-state index in [1.807, 2.05) is 12.1 Å². The van der Waals surface area contributed by atoms with E-state index in [1.54, 1.807) is 35.2 Å². The molecule has 1 aliphatic heterocycles. The lowest BCUT2D eigenvalue weighted by Gasteiger charge is -2.14. The van der Waals surface area contributed by atoms with Crippen LogP contribution in [0.5, 0.6) is 5.75 Å². The molecule has 2 N–H and O–H groups in total. The normalized spacial score (nSPS) is 13.4. The van der Waals surface area contributed by atoms with Gasteiger partial charge in [0.2, 0.25) is 5.91 Å². The quantitative estimate of drug-likeness (QED) is 0.671. The maximum absolute atomic E-state index is 12.0. The first-order chi connectivity index (χ1) is 13.0. The van der Waals surface area contributed by atoms with E-state index in [0.717, 1.165) is 5.69 Å². The fourth-order valence-electron chi connectivity index (χ4n) is 2.67. The number of anilines is 2. The van der Waals surface area contributed by atoms with Crippen molar-refractivity contribution in [2.24, 2.45) is 0 Å². The predicted molar refractivity (Wildman–Crippen MR) is 107 cm³/mol. The van der Waals surface area contributed by atoms with Crippen LogP contribution in [0, 0.1) is 0 Å². The summed E-state index contributed by atoms with van der Waals surface area (Å²) in [6.07, 6.45) is 0.873. The Balaban J connectivity index is 1.42. The molecule has 0 atom stereocenters. The number of carbonyl (C=O) groups excluding carboxylic acids is 2. The average molecular weight is 408 g/mol. The molecule has 0 spiro atoms. The highest BCUT2D eigenvalue weighted by molar-refractivity contribution is 6.35. The van der Waals surface area contributed by atoms with E-state index < -0.39 is 0 Å². The van der Waals surface area contributed by atoms with Gasteiger partial charge < -0.3 is 15.4 Å². The highest BCUT2D eigenvalue weighted by Crippen LogP contribution is 2.27. The molecule has 0 unspecified atom stereocenters. The molecule has 1 aliphatic rings. The number of hydrogen-bond donors (Lipinski definition) is 2. The van der Waals surface area contributed by atoms with Gasteiger partial charge in [-0.15, -0.1) is 0 Å². The molecule has 142 valence electrons. The third-order valence-electron chi connectivity index (χ3n) is 4.02. The number of halogens is 2. The molecule has 0 bridgehead atoms.